The van der Waals surface area contributed by atoms with Gasteiger partial charge in [0.25, 0.3) is 0 Å². The average molecular weight is 495 g/mol. The second-order valence-corrected chi connectivity index (χ2v) is 8.56. The summed E-state index contributed by atoms with van der Waals surface area (Å²) < 4.78 is 0. The third kappa shape index (κ3) is 11.0. The molecule has 0 radical (unpaired) electrons. The second-order valence-electron chi connectivity index (χ2n) is 8.56. The Morgan fingerprint density at radius 2 is 1.40 bits per heavy atom. The average Bonchev–Trinajstić information content (AvgIpc) is 2.79. The zero-order chi connectivity index (χ0) is 26.5. The summed E-state index contributed by atoms with van der Waals surface area (Å²) in [6, 6.07) is 3.81. The van der Waals surface area contributed by atoms with Gasteiger partial charge in [0.05, 0.1) is 6.61 Å². The number of carbonyl (C=O) groups excluding carboxylic acids is 3. The lowest BCUT2D eigenvalue weighted by atomic mass is 10.00. The van der Waals surface area contributed by atoms with Crippen LogP contribution in [0.15, 0.2) is 30.3 Å². The quantitative estimate of drug-likeness (QED) is 0.159. The Hall–Kier alpha value is -3.51. The summed E-state index contributed by atoms with van der Waals surface area (Å²) in [6.45, 7) is 2.97. The van der Waals surface area contributed by atoms with Crippen molar-refractivity contribution in [2.24, 2.45) is 11.7 Å². The summed E-state index contributed by atoms with van der Waals surface area (Å²) in [5.41, 5.74) is 6.27. The molecule has 4 unspecified atom stereocenters. The topological polar surface area (TPSA) is 208 Å². The van der Waals surface area contributed by atoms with Crippen LogP contribution in [0, 0.1) is 5.92 Å². The van der Waals surface area contributed by atoms with E-state index in [4.69, 9.17) is 15.9 Å². The highest BCUT2D eigenvalue weighted by Crippen LogP contribution is 2.09. The maximum Gasteiger partial charge on any atom is 0.326 e. The number of hydrogen-bond acceptors (Lipinski definition) is 7. The predicted molar refractivity (Wildman–Crippen MR) is 125 cm³/mol. The van der Waals surface area contributed by atoms with Gasteiger partial charge in [-0.2, -0.15) is 0 Å². The van der Waals surface area contributed by atoms with Gasteiger partial charge in [-0.05, 0) is 24.3 Å². The van der Waals surface area contributed by atoms with Crippen molar-refractivity contribution in [3.8, 4) is 0 Å². The summed E-state index contributed by atoms with van der Waals surface area (Å²) >= 11 is 0. The molecule has 0 aromatic heterocycles. The first kappa shape index (κ1) is 29.5. The molecule has 0 aliphatic rings. The van der Waals surface area contributed by atoms with E-state index in [0.717, 1.165) is 5.56 Å². The smallest absolute Gasteiger partial charge is 0.326 e. The molecule has 3 amide bonds. The fraction of sp³-hybridized carbons (Fsp3) is 0.522. The highest BCUT2D eigenvalue weighted by Gasteiger charge is 2.31. The monoisotopic (exact) mass is 494 g/mol. The van der Waals surface area contributed by atoms with Crippen molar-refractivity contribution in [2.45, 2.75) is 63.7 Å². The van der Waals surface area contributed by atoms with Gasteiger partial charge in [-0.3, -0.25) is 19.2 Å². The largest absolute Gasteiger partial charge is 0.481 e. The molecule has 12 heteroatoms. The second kappa shape index (κ2) is 14.7. The van der Waals surface area contributed by atoms with Gasteiger partial charge >= 0.3 is 11.9 Å². The molecule has 0 fully saturated rings. The van der Waals surface area contributed by atoms with E-state index < -0.39 is 66.9 Å². The number of carboxylic acids is 2. The first-order chi connectivity index (χ1) is 16.4. The van der Waals surface area contributed by atoms with Crippen LogP contribution in [0.25, 0.3) is 0 Å². The SMILES string of the molecule is CC(C)CC(NC(=O)C(Cc1ccccc1)NC(=O)C(N)CO)C(=O)NC(CCC(=O)O)C(=O)O. The number of amides is 3. The Morgan fingerprint density at radius 3 is 1.91 bits per heavy atom. The van der Waals surface area contributed by atoms with Crippen molar-refractivity contribution in [3.63, 3.8) is 0 Å². The molecule has 1 rings (SSSR count). The molecular formula is C23H34N4O8. The molecule has 0 aliphatic heterocycles. The van der Waals surface area contributed by atoms with E-state index >= 15 is 0 Å². The Bertz CT molecular complexity index is 878. The minimum Gasteiger partial charge on any atom is -0.481 e. The maximum atomic E-state index is 13.1. The van der Waals surface area contributed by atoms with Crippen LogP contribution in [-0.2, 0) is 30.4 Å². The summed E-state index contributed by atoms with van der Waals surface area (Å²) in [5.74, 6) is -4.93. The van der Waals surface area contributed by atoms with E-state index in [1.807, 2.05) is 0 Å². The minimum absolute atomic E-state index is 0.0710. The van der Waals surface area contributed by atoms with Gasteiger partial charge in [0.2, 0.25) is 17.7 Å². The van der Waals surface area contributed by atoms with Crippen LogP contribution < -0.4 is 21.7 Å². The number of carbonyl (C=O) groups is 5. The van der Waals surface area contributed by atoms with Gasteiger partial charge in [-0.25, -0.2) is 4.79 Å². The lowest BCUT2D eigenvalue weighted by Crippen LogP contribution is -2.58. The maximum absolute atomic E-state index is 13.1. The number of nitrogens with one attached hydrogen (secondary N) is 3. The molecule has 8 N–H and O–H groups in total. The van der Waals surface area contributed by atoms with E-state index in [1.165, 1.54) is 0 Å². The van der Waals surface area contributed by atoms with Gasteiger partial charge < -0.3 is 37.0 Å². The van der Waals surface area contributed by atoms with Gasteiger partial charge in [0.15, 0.2) is 0 Å². The molecule has 0 aliphatic carbocycles. The summed E-state index contributed by atoms with van der Waals surface area (Å²) in [7, 11) is 0. The van der Waals surface area contributed by atoms with Crippen molar-refractivity contribution in [2.75, 3.05) is 6.61 Å². The van der Waals surface area contributed by atoms with Crippen molar-refractivity contribution in [1.82, 2.24) is 16.0 Å². The number of nitrogens with two attached hydrogens (primary N) is 1. The van der Waals surface area contributed by atoms with E-state index in [-0.39, 0.29) is 25.2 Å². The van der Waals surface area contributed by atoms with Crippen molar-refractivity contribution >= 4 is 29.7 Å². The highest BCUT2D eigenvalue weighted by molar-refractivity contribution is 5.94. The minimum atomic E-state index is -1.45. The lowest BCUT2D eigenvalue weighted by molar-refractivity contribution is -0.143. The molecule has 4 atom stereocenters. The third-order valence-corrected chi connectivity index (χ3v) is 5.05. The van der Waals surface area contributed by atoms with Gasteiger partial charge in [-0.15, -0.1) is 0 Å². The number of benzene rings is 1. The third-order valence-electron chi connectivity index (χ3n) is 5.05. The molecule has 0 bridgehead atoms. The highest BCUT2D eigenvalue weighted by atomic mass is 16.4. The molecule has 35 heavy (non-hydrogen) atoms. The zero-order valence-corrected chi connectivity index (χ0v) is 19.8. The number of aliphatic hydroxyl groups is 1. The molecule has 194 valence electrons. The van der Waals surface area contributed by atoms with E-state index in [0.29, 0.717) is 0 Å². The van der Waals surface area contributed by atoms with Crippen molar-refractivity contribution in [1.29, 1.82) is 0 Å². The van der Waals surface area contributed by atoms with Crippen LogP contribution >= 0.6 is 0 Å². The normalized spacial score (nSPS) is 14.3. The molecule has 12 nitrogen and oxygen atoms in total. The van der Waals surface area contributed by atoms with Crippen molar-refractivity contribution in [3.05, 3.63) is 35.9 Å². The molecule has 0 saturated carbocycles. The van der Waals surface area contributed by atoms with Crippen LogP contribution in [0.2, 0.25) is 0 Å². The van der Waals surface area contributed by atoms with Crippen LogP contribution in [-0.4, -0.2) is 75.8 Å². The Morgan fingerprint density at radius 1 is 0.857 bits per heavy atom. The first-order valence-electron chi connectivity index (χ1n) is 11.2. The van der Waals surface area contributed by atoms with Crippen LogP contribution in [0.1, 0.15) is 38.7 Å². The van der Waals surface area contributed by atoms with Gasteiger partial charge in [0.1, 0.15) is 24.2 Å². The summed E-state index contributed by atoms with van der Waals surface area (Å²) in [5, 5.41) is 34.6. The van der Waals surface area contributed by atoms with E-state index in [2.05, 4.69) is 16.0 Å². The van der Waals surface area contributed by atoms with Gasteiger partial charge in [0, 0.05) is 12.8 Å². The first-order valence-corrected chi connectivity index (χ1v) is 11.2. The number of hydrogen-bond donors (Lipinski definition) is 7. The lowest BCUT2D eigenvalue weighted by Gasteiger charge is -2.26. The number of carboxylic acid groups (broad SMARTS) is 2. The molecule has 1 aromatic rings. The van der Waals surface area contributed by atoms with E-state index in [1.54, 1.807) is 44.2 Å². The van der Waals surface area contributed by atoms with E-state index in [9.17, 15) is 29.1 Å². The Labute approximate surface area is 203 Å². The standard InChI is InChI=1S/C23H34N4O8/c1-13(2)10-17(21(32)25-16(23(34)35)8-9-19(29)30)27-22(33)18(26-20(31)15(24)12-28)11-14-6-4-3-5-7-14/h3-7,13,15-18,28H,8-12,24H2,1-2H3,(H,25,32)(H,26,31)(H,27,33)(H,29,30)(H,34,35). The van der Waals surface area contributed by atoms with Crippen molar-refractivity contribution < 1.29 is 39.3 Å². The zero-order valence-electron chi connectivity index (χ0n) is 19.8. The van der Waals surface area contributed by atoms with Crippen LogP contribution in [0.3, 0.4) is 0 Å². The Balaban J connectivity index is 3.06. The predicted octanol–water partition coefficient (Wildman–Crippen LogP) is -1.00. The fourth-order valence-corrected chi connectivity index (χ4v) is 3.19. The molecule has 0 saturated heterocycles. The molecule has 0 heterocycles. The Kier molecular flexibility index (Phi) is 12.4. The fourth-order valence-electron chi connectivity index (χ4n) is 3.19. The summed E-state index contributed by atoms with van der Waals surface area (Å²) in [4.78, 5) is 60.5. The number of aliphatic carboxylic acids is 2. The van der Waals surface area contributed by atoms with Gasteiger partial charge in [-0.1, -0.05) is 44.2 Å². The number of aliphatic hydroxyl groups excluding tert-OH is 1. The van der Waals surface area contributed by atoms with Crippen LogP contribution in [0.5, 0.6) is 0 Å². The molecular weight excluding hydrogens is 460 g/mol. The summed E-state index contributed by atoms with van der Waals surface area (Å²) in [6.07, 6.45) is -0.562. The molecule has 0 spiro atoms. The molecule has 1 aromatic carbocycles. The van der Waals surface area contributed by atoms with Crippen LogP contribution in [0.4, 0.5) is 0 Å². The number of rotatable bonds is 15.